The maximum Gasteiger partial charge on any atom is 0.258 e. The second-order valence-electron chi connectivity index (χ2n) is 4.28. The lowest BCUT2D eigenvalue weighted by molar-refractivity contribution is 0.432. The summed E-state index contributed by atoms with van der Waals surface area (Å²) >= 11 is 3.24. The van der Waals surface area contributed by atoms with E-state index in [9.17, 15) is 8.78 Å². The summed E-state index contributed by atoms with van der Waals surface area (Å²) in [5.74, 6) is -0.395. The van der Waals surface area contributed by atoms with Gasteiger partial charge in [0.05, 0.1) is 5.69 Å². The van der Waals surface area contributed by atoms with Crippen LogP contribution in [0, 0.1) is 11.6 Å². The number of aromatic nitrogens is 2. The predicted octanol–water partition coefficient (Wildman–Crippen LogP) is 4.03. The Balaban J connectivity index is 2.01. The van der Waals surface area contributed by atoms with Crippen molar-refractivity contribution in [1.82, 2.24) is 10.1 Å². The fraction of sp³-hybridized carbons (Fsp3) is 0. The Morgan fingerprint density at radius 3 is 2.62 bits per heavy atom. The van der Waals surface area contributed by atoms with E-state index in [1.807, 2.05) is 0 Å². The van der Waals surface area contributed by atoms with Crippen LogP contribution >= 0.6 is 15.9 Å². The standard InChI is InChI=1S/C14H8BrF2N3O/c15-10-6-8(16)2-3-9(10)13-19-14(21-20-13)7-1-4-11(17)12(18)5-7/h1-6H,18H2. The SMILES string of the molecule is Nc1cc(-c2nc(-c3ccc(F)cc3Br)no2)ccc1F. The third-order valence-electron chi connectivity index (χ3n) is 2.84. The average molecular weight is 352 g/mol. The molecule has 0 radical (unpaired) electrons. The van der Waals surface area contributed by atoms with Crippen LogP contribution in [-0.4, -0.2) is 10.1 Å². The molecule has 3 rings (SSSR count). The molecule has 3 aromatic rings. The van der Waals surface area contributed by atoms with Gasteiger partial charge in [-0.25, -0.2) is 8.78 Å². The molecule has 2 N–H and O–H groups in total. The van der Waals surface area contributed by atoms with Crippen LogP contribution in [0.15, 0.2) is 45.4 Å². The van der Waals surface area contributed by atoms with Crippen LogP contribution in [0.25, 0.3) is 22.8 Å². The van der Waals surface area contributed by atoms with E-state index in [-0.39, 0.29) is 17.4 Å². The predicted molar refractivity (Wildman–Crippen MR) is 77.2 cm³/mol. The second kappa shape index (κ2) is 5.25. The Morgan fingerprint density at radius 1 is 1.10 bits per heavy atom. The summed E-state index contributed by atoms with van der Waals surface area (Å²) in [5, 5.41) is 3.83. The van der Waals surface area contributed by atoms with E-state index in [2.05, 4.69) is 26.1 Å². The van der Waals surface area contributed by atoms with E-state index in [0.717, 1.165) is 0 Å². The summed E-state index contributed by atoms with van der Waals surface area (Å²) in [6.45, 7) is 0. The third kappa shape index (κ3) is 2.64. The second-order valence-corrected chi connectivity index (χ2v) is 5.14. The summed E-state index contributed by atoms with van der Waals surface area (Å²) in [4.78, 5) is 4.20. The topological polar surface area (TPSA) is 64.9 Å². The highest BCUT2D eigenvalue weighted by Crippen LogP contribution is 2.29. The van der Waals surface area contributed by atoms with Crippen molar-refractivity contribution in [2.75, 3.05) is 5.73 Å². The Morgan fingerprint density at radius 2 is 1.90 bits per heavy atom. The largest absolute Gasteiger partial charge is 0.396 e. The molecule has 0 atom stereocenters. The quantitative estimate of drug-likeness (QED) is 0.708. The summed E-state index contributed by atoms with van der Waals surface area (Å²) in [7, 11) is 0. The molecule has 1 aromatic heterocycles. The van der Waals surface area contributed by atoms with Crippen molar-refractivity contribution in [3.05, 3.63) is 52.5 Å². The highest BCUT2D eigenvalue weighted by Gasteiger charge is 2.14. The molecular weight excluding hydrogens is 344 g/mol. The van der Waals surface area contributed by atoms with E-state index in [4.69, 9.17) is 10.3 Å². The van der Waals surface area contributed by atoms with E-state index in [0.29, 0.717) is 21.4 Å². The molecule has 7 heteroatoms. The van der Waals surface area contributed by atoms with Gasteiger partial charge in [0, 0.05) is 15.6 Å². The van der Waals surface area contributed by atoms with Crippen LogP contribution in [0.4, 0.5) is 14.5 Å². The molecule has 21 heavy (non-hydrogen) atoms. The molecule has 0 saturated carbocycles. The first kappa shape index (κ1) is 13.7. The van der Waals surface area contributed by atoms with Crippen molar-refractivity contribution in [1.29, 1.82) is 0 Å². The number of hydrogen-bond donors (Lipinski definition) is 1. The average Bonchev–Trinajstić information content (AvgIpc) is 2.91. The van der Waals surface area contributed by atoms with Gasteiger partial charge < -0.3 is 10.3 Å². The van der Waals surface area contributed by atoms with Crippen molar-refractivity contribution in [3.63, 3.8) is 0 Å². The van der Waals surface area contributed by atoms with Gasteiger partial charge in [0.2, 0.25) is 5.82 Å². The van der Waals surface area contributed by atoms with Gasteiger partial charge in [0.1, 0.15) is 11.6 Å². The fourth-order valence-corrected chi connectivity index (χ4v) is 2.33. The minimum atomic E-state index is -0.514. The van der Waals surface area contributed by atoms with Crippen LogP contribution in [-0.2, 0) is 0 Å². The van der Waals surface area contributed by atoms with Crippen molar-refractivity contribution < 1.29 is 13.3 Å². The van der Waals surface area contributed by atoms with Crippen LogP contribution in [0.3, 0.4) is 0 Å². The summed E-state index contributed by atoms with van der Waals surface area (Å²) in [6.07, 6.45) is 0. The van der Waals surface area contributed by atoms with Crippen LogP contribution in [0.1, 0.15) is 0 Å². The lowest BCUT2D eigenvalue weighted by Crippen LogP contribution is -1.91. The third-order valence-corrected chi connectivity index (χ3v) is 3.50. The molecule has 2 aromatic carbocycles. The highest BCUT2D eigenvalue weighted by molar-refractivity contribution is 9.10. The first-order chi connectivity index (χ1) is 10.0. The number of nitrogens with zero attached hydrogens (tertiary/aromatic N) is 2. The monoisotopic (exact) mass is 351 g/mol. The Hall–Kier alpha value is -2.28. The van der Waals surface area contributed by atoms with Crippen molar-refractivity contribution in [3.8, 4) is 22.8 Å². The normalized spacial score (nSPS) is 10.8. The van der Waals surface area contributed by atoms with Crippen molar-refractivity contribution in [2.45, 2.75) is 0 Å². The summed E-state index contributed by atoms with van der Waals surface area (Å²) < 4.78 is 31.9. The maximum absolute atomic E-state index is 13.1. The molecule has 106 valence electrons. The number of nitrogen functional groups attached to an aromatic ring is 1. The molecule has 0 amide bonds. The molecule has 0 fully saturated rings. The van der Waals surface area contributed by atoms with E-state index < -0.39 is 5.82 Å². The van der Waals surface area contributed by atoms with E-state index in [1.54, 1.807) is 0 Å². The number of nitrogens with two attached hydrogens (primary N) is 1. The van der Waals surface area contributed by atoms with Crippen LogP contribution in [0.5, 0.6) is 0 Å². The van der Waals surface area contributed by atoms with Gasteiger partial charge in [0.15, 0.2) is 0 Å². The van der Waals surface area contributed by atoms with Crippen molar-refractivity contribution >= 4 is 21.6 Å². The Labute approximate surface area is 126 Å². The zero-order chi connectivity index (χ0) is 15.0. The zero-order valence-electron chi connectivity index (χ0n) is 10.5. The van der Waals surface area contributed by atoms with Gasteiger partial charge in [-0.3, -0.25) is 0 Å². The van der Waals surface area contributed by atoms with Gasteiger partial charge in [-0.15, -0.1) is 0 Å². The number of benzene rings is 2. The van der Waals surface area contributed by atoms with Gasteiger partial charge in [0.25, 0.3) is 5.89 Å². The maximum atomic E-state index is 13.1. The van der Waals surface area contributed by atoms with Crippen LogP contribution in [0.2, 0.25) is 0 Å². The first-order valence-corrected chi connectivity index (χ1v) is 6.68. The number of rotatable bonds is 2. The Bertz CT molecular complexity index is 820. The minimum Gasteiger partial charge on any atom is -0.396 e. The molecule has 0 spiro atoms. The van der Waals surface area contributed by atoms with Gasteiger partial charge in [-0.1, -0.05) is 5.16 Å². The lowest BCUT2D eigenvalue weighted by atomic mass is 10.2. The smallest absolute Gasteiger partial charge is 0.258 e. The minimum absolute atomic E-state index is 0.00443. The molecule has 0 unspecified atom stereocenters. The molecule has 4 nitrogen and oxygen atoms in total. The van der Waals surface area contributed by atoms with Crippen molar-refractivity contribution in [2.24, 2.45) is 0 Å². The highest BCUT2D eigenvalue weighted by atomic mass is 79.9. The molecule has 1 heterocycles. The first-order valence-electron chi connectivity index (χ1n) is 5.89. The van der Waals surface area contributed by atoms with Crippen LogP contribution < -0.4 is 5.73 Å². The molecule has 0 aliphatic heterocycles. The van der Waals surface area contributed by atoms with Gasteiger partial charge in [-0.05, 0) is 52.3 Å². The fourth-order valence-electron chi connectivity index (χ4n) is 1.80. The summed E-state index contributed by atoms with van der Waals surface area (Å²) in [6, 6.07) is 8.26. The van der Waals surface area contributed by atoms with Gasteiger partial charge in [-0.2, -0.15) is 4.98 Å². The molecule has 0 aliphatic rings. The Kier molecular flexibility index (Phi) is 3.42. The zero-order valence-corrected chi connectivity index (χ0v) is 12.1. The number of anilines is 1. The van der Waals surface area contributed by atoms with E-state index in [1.165, 1.54) is 36.4 Å². The molecule has 0 saturated heterocycles. The molecule has 0 aliphatic carbocycles. The van der Waals surface area contributed by atoms with Gasteiger partial charge >= 0.3 is 0 Å². The summed E-state index contributed by atoms with van der Waals surface area (Å²) in [5.41, 5.74) is 6.59. The lowest BCUT2D eigenvalue weighted by Gasteiger charge is -1.99. The molecular formula is C14H8BrF2N3O. The number of hydrogen-bond acceptors (Lipinski definition) is 4. The van der Waals surface area contributed by atoms with E-state index >= 15 is 0 Å². The molecule has 0 bridgehead atoms. The number of halogens is 3.